The highest BCUT2D eigenvalue weighted by molar-refractivity contribution is 5.80. The maximum atomic E-state index is 12.8. The van der Waals surface area contributed by atoms with Gasteiger partial charge in [0.15, 0.2) is 0 Å². The normalized spacial score (nSPS) is 21.7. The van der Waals surface area contributed by atoms with Crippen LogP contribution in [0.1, 0.15) is 30.9 Å². The minimum atomic E-state index is -4.43. The largest absolute Gasteiger partial charge is 0.481 e. The summed E-state index contributed by atoms with van der Waals surface area (Å²) in [6.45, 7) is 1.93. The first kappa shape index (κ1) is 20.2. The van der Waals surface area contributed by atoms with Crippen molar-refractivity contribution in [3.63, 3.8) is 0 Å². The molecular weight excluding hydrogens is 351 g/mol. The maximum absolute atomic E-state index is 12.8. The number of amides is 1. The van der Waals surface area contributed by atoms with Gasteiger partial charge in [-0.3, -0.25) is 9.59 Å². The van der Waals surface area contributed by atoms with Gasteiger partial charge in [0, 0.05) is 25.6 Å². The lowest BCUT2D eigenvalue weighted by molar-refractivity contribution is -0.141. The number of benzene rings is 1. The number of hydrogen-bond acceptors (Lipinski definition) is 3. The quantitative estimate of drug-likeness (QED) is 0.833. The van der Waals surface area contributed by atoms with E-state index in [2.05, 4.69) is 0 Å². The Morgan fingerprint density at radius 3 is 2.65 bits per heavy atom. The smallest absolute Gasteiger partial charge is 0.416 e. The highest BCUT2D eigenvalue weighted by Crippen LogP contribution is 2.30. The van der Waals surface area contributed by atoms with Gasteiger partial charge in [0.2, 0.25) is 5.91 Å². The number of likely N-dealkylation sites (tertiary alicyclic amines) is 1. The van der Waals surface area contributed by atoms with Crippen LogP contribution >= 0.6 is 0 Å². The van der Waals surface area contributed by atoms with Gasteiger partial charge in [-0.2, -0.15) is 13.2 Å². The van der Waals surface area contributed by atoms with Crippen LogP contribution in [0.25, 0.3) is 0 Å². The summed E-state index contributed by atoms with van der Waals surface area (Å²) in [6.07, 6.45) is -4.26. The van der Waals surface area contributed by atoms with Crippen LogP contribution in [0.15, 0.2) is 24.3 Å². The summed E-state index contributed by atoms with van der Waals surface area (Å²) < 4.78 is 43.7. The standard InChI is InChI=1S/C18H22F3NO4/c1-11(6-12-4-3-5-13(7-12)18(19,20)21)17(25)22-10-15(26-2)8-14(22)9-16(23)24/h3-5,7,11,14-15H,6,8-10H2,1-2H3,(H,23,24). The Hall–Kier alpha value is -2.09. The Labute approximate surface area is 149 Å². The molecule has 2 rings (SSSR count). The Balaban J connectivity index is 2.09. The average Bonchev–Trinajstić information content (AvgIpc) is 2.95. The van der Waals surface area contributed by atoms with Crippen LogP contribution in [0.3, 0.4) is 0 Å². The monoisotopic (exact) mass is 373 g/mol. The van der Waals surface area contributed by atoms with E-state index in [1.807, 2.05) is 0 Å². The van der Waals surface area contributed by atoms with Crippen LogP contribution in [0, 0.1) is 5.92 Å². The van der Waals surface area contributed by atoms with E-state index in [-0.39, 0.29) is 24.9 Å². The molecule has 8 heteroatoms. The second kappa shape index (κ2) is 8.07. The number of carbonyl (C=O) groups is 2. The number of hydrogen-bond donors (Lipinski definition) is 1. The highest BCUT2D eigenvalue weighted by atomic mass is 19.4. The van der Waals surface area contributed by atoms with E-state index in [1.165, 1.54) is 18.1 Å². The van der Waals surface area contributed by atoms with Crippen LogP contribution in [-0.4, -0.2) is 47.7 Å². The maximum Gasteiger partial charge on any atom is 0.416 e. The van der Waals surface area contributed by atoms with Crippen molar-refractivity contribution in [2.45, 2.75) is 44.5 Å². The molecule has 1 aliphatic heterocycles. The summed E-state index contributed by atoms with van der Waals surface area (Å²) in [4.78, 5) is 25.3. The molecule has 1 aromatic carbocycles. The zero-order chi connectivity index (χ0) is 19.5. The fourth-order valence-corrected chi connectivity index (χ4v) is 3.31. The van der Waals surface area contributed by atoms with Gasteiger partial charge < -0.3 is 14.7 Å². The molecule has 1 heterocycles. The molecular formula is C18H22F3NO4. The lowest BCUT2D eigenvalue weighted by Crippen LogP contribution is -2.41. The number of methoxy groups -OCH3 is 1. The summed E-state index contributed by atoms with van der Waals surface area (Å²) in [5.41, 5.74) is -0.336. The van der Waals surface area contributed by atoms with Gasteiger partial charge in [-0.1, -0.05) is 25.1 Å². The van der Waals surface area contributed by atoms with Crippen molar-refractivity contribution in [3.8, 4) is 0 Å². The Kier molecular flexibility index (Phi) is 6.28. The number of halogens is 3. The number of aliphatic carboxylic acids is 1. The zero-order valence-electron chi connectivity index (χ0n) is 14.6. The Morgan fingerprint density at radius 2 is 2.08 bits per heavy atom. The predicted molar refractivity (Wildman–Crippen MR) is 87.5 cm³/mol. The number of carbonyl (C=O) groups excluding carboxylic acids is 1. The summed E-state index contributed by atoms with van der Waals surface area (Å²) in [5, 5.41) is 9.03. The average molecular weight is 373 g/mol. The van der Waals surface area contributed by atoms with Gasteiger partial charge in [0.1, 0.15) is 0 Å². The second-order valence-corrected chi connectivity index (χ2v) is 6.64. The van der Waals surface area contributed by atoms with Crippen LogP contribution in [-0.2, 0) is 26.9 Å². The molecule has 0 bridgehead atoms. The van der Waals surface area contributed by atoms with E-state index >= 15 is 0 Å². The summed E-state index contributed by atoms with van der Waals surface area (Å²) in [7, 11) is 1.50. The van der Waals surface area contributed by atoms with Gasteiger partial charge >= 0.3 is 12.1 Å². The van der Waals surface area contributed by atoms with E-state index in [4.69, 9.17) is 9.84 Å². The fraction of sp³-hybridized carbons (Fsp3) is 0.556. The number of carboxylic acid groups (broad SMARTS) is 1. The summed E-state index contributed by atoms with van der Waals surface area (Å²) in [6, 6.07) is 4.44. The molecule has 1 saturated heterocycles. The minimum Gasteiger partial charge on any atom is -0.481 e. The molecule has 5 nitrogen and oxygen atoms in total. The van der Waals surface area contributed by atoms with E-state index in [0.717, 1.165) is 12.1 Å². The second-order valence-electron chi connectivity index (χ2n) is 6.64. The molecule has 0 saturated carbocycles. The molecule has 0 spiro atoms. The van der Waals surface area contributed by atoms with Gasteiger partial charge in [0.05, 0.1) is 18.1 Å². The third kappa shape index (κ3) is 4.97. The van der Waals surface area contributed by atoms with E-state index in [0.29, 0.717) is 18.5 Å². The minimum absolute atomic E-state index is 0.149. The van der Waals surface area contributed by atoms with Crippen molar-refractivity contribution in [2.75, 3.05) is 13.7 Å². The third-order valence-electron chi connectivity index (χ3n) is 4.62. The van der Waals surface area contributed by atoms with Crippen molar-refractivity contribution >= 4 is 11.9 Å². The highest BCUT2D eigenvalue weighted by Gasteiger charge is 2.38. The molecule has 3 atom stereocenters. The Morgan fingerprint density at radius 1 is 1.38 bits per heavy atom. The molecule has 0 aliphatic carbocycles. The van der Waals surface area contributed by atoms with Crippen molar-refractivity contribution in [3.05, 3.63) is 35.4 Å². The van der Waals surface area contributed by atoms with E-state index in [9.17, 15) is 22.8 Å². The van der Waals surface area contributed by atoms with Crippen molar-refractivity contribution in [2.24, 2.45) is 5.92 Å². The molecule has 1 aromatic rings. The van der Waals surface area contributed by atoms with Crippen LogP contribution < -0.4 is 0 Å². The molecule has 144 valence electrons. The molecule has 1 aliphatic rings. The molecule has 1 N–H and O–H groups in total. The van der Waals surface area contributed by atoms with Crippen LogP contribution in [0.5, 0.6) is 0 Å². The predicted octanol–water partition coefficient (Wildman–Crippen LogP) is 2.97. The first-order valence-electron chi connectivity index (χ1n) is 8.33. The van der Waals surface area contributed by atoms with Gasteiger partial charge in [0.25, 0.3) is 0 Å². The number of alkyl halides is 3. The lowest BCUT2D eigenvalue weighted by Gasteiger charge is -2.26. The van der Waals surface area contributed by atoms with Crippen LogP contribution in [0.2, 0.25) is 0 Å². The van der Waals surface area contributed by atoms with Crippen molar-refractivity contribution < 1.29 is 32.6 Å². The number of nitrogens with zero attached hydrogens (tertiary/aromatic N) is 1. The summed E-state index contributed by atoms with van der Waals surface area (Å²) >= 11 is 0. The molecule has 26 heavy (non-hydrogen) atoms. The molecule has 1 fully saturated rings. The van der Waals surface area contributed by atoms with Gasteiger partial charge in [-0.05, 0) is 24.5 Å². The SMILES string of the molecule is COC1CC(CC(=O)O)N(C(=O)C(C)Cc2cccc(C(F)(F)F)c2)C1. The summed E-state index contributed by atoms with van der Waals surface area (Å²) in [5.74, 6) is -1.84. The zero-order valence-corrected chi connectivity index (χ0v) is 14.6. The topological polar surface area (TPSA) is 66.8 Å². The van der Waals surface area contributed by atoms with Gasteiger partial charge in [-0.15, -0.1) is 0 Å². The Bertz CT molecular complexity index is 662. The third-order valence-corrected chi connectivity index (χ3v) is 4.62. The molecule has 1 amide bonds. The molecule has 0 radical (unpaired) electrons. The van der Waals surface area contributed by atoms with Crippen molar-refractivity contribution in [1.82, 2.24) is 4.90 Å². The molecule has 0 aromatic heterocycles. The molecule has 3 unspecified atom stereocenters. The van der Waals surface area contributed by atoms with Gasteiger partial charge in [-0.25, -0.2) is 0 Å². The fourth-order valence-electron chi connectivity index (χ4n) is 3.31. The first-order chi connectivity index (χ1) is 12.1. The number of rotatable bonds is 6. The van der Waals surface area contributed by atoms with E-state index in [1.54, 1.807) is 13.0 Å². The number of carboxylic acids is 1. The van der Waals surface area contributed by atoms with Crippen molar-refractivity contribution in [1.29, 1.82) is 0 Å². The lowest BCUT2D eigenvalue weighted by atomic mass is 9.97. The van der Waals surface area contributed by atoms with Crippen LogP contribution in [0.4, 0.5) is 13.2 Å². The first-order valence-corrected chi connectivity index (χ1v) is 8.33. The van der Waals surface area contributed by atoms with E-state index < -0.39 is 29.7 Å². The number of ether oxygens (including phenoxy) is 1.